The molecule has 0 saturated carbocycles. The summed E-state index contributed by atoms with van der Waals surface area (Å²) in [5.74, 6) is 1.07. The molecule has 1 atom stereocenters. The van der Waals surface area contributed by atoms with Crippen molar-refractivity contribution in [1.82, 2.24) is 10.3 Å². The van der Waals surface area contributed by atoms with Gasteiger partial charge in [-0.2, -0.15) is 0 Å². The van der Waals surface area contributed by atoms with E-state index in [4.69, 9.17) is 4.74 Å². The normalized spacial score (nSPS) is 17.2. The molecule has 4 rings (SSSR count). The maximum Gasteiger partial charge on any atom is 0.132 e. The fourth-order valence-electron chi connectivity index (χ4n) is 3.15. The summed E-state index contributed by atoms with van der Waals surface area (Å²) in [6.45, 7) is 1.77. The Hall–Kier alpha value is -2.26. The topological polar surface area (TPSA) is 37.0 Å². The van der Waals surface area contributed by atoms with E-state index in [1.54, 1.807) is 0 Å². The highest BCUT2D eigenvalue weighted by Crippen LogP contribution is 2.34. The highest BCUT2D eigenvalue weighted by molar-refractivity contribution is 5.87. The van der Waals surface area contributed by atoms with Crippen LogP contribution in [0.4, 0.5) is 0 Å². The van der Waals surface area contributed by atoms with Crippen molar-refractivity contribution in [2.24, 2.45) is 0 Å². The van der Waals surface area contributed by atoms with Crippen molar-refractivity contribution in [1.29, 1.82) is 0 Å². The van der Waals surface area contributed by atoms with Crippen LogP contribution in [-0.2, 0) is 13.0 Å². The second-order valence-corrected chi connectivity index (χ2v) is 5.89. The minimum Gasteiger partial charge on any atom is -0.488 e. The summed E-state index contributed by atoms with van der Waals surface area (Å²) in [6.07, 6.45) is 4.39. The first-order valence-corrected chi connectivity index (χ1v) is 7.90. The lowest BCUT2D eigenvalue weighted by Gasteiger charge is -2.27. The number of ether oxygens (including phenoxy) is 1. The van der Waals surface area contributed by atoms with Crippen LogP contribution in [0, 0.1) is 0 Å². The number of benzene rings is 2. The SMILES string of the molecule is c1ccc(CNCC2CCc3ccc4[nH]ccc4c3O2)cc1. The van der Waals surface area contributed by atoms with Crippen LogP contribution in [0.15, 0.2) is 54.7 Å². The van der Waals surface area contributed by atoms with Crippen LogP contribution < -0.4 is 10.1 Å². The lowest BCUT2D eigenvalue weighted by molar-refractivity contribution is 0.173. The number of hydrogen-bond acceptors (Lipinski definition) is 2. The molecular formula is C19H20N2O. The van der Waals surface area contributed by atoms with Crippen LogP contribution in [0.25, 0.3) is 10.9 Å². The van der Waals surface area contributed by atoms with Gasteiger partial charge in [0.15, 0.2) is 0 Å². The van der Waals surface area contributed by atoms with Crippen LogP contribution in [-0.4, -0.2) is 17.6 Å². The van der Waals surface area contributed by atoms with Crippen molar-refractivity contribution in [3.63, 3.8) is 0 Å². The Morgan fingerprint density at radius 1 is 1.09 bits per heavy atom. The molecule has 0 bridgehead atoms. The molecule has 1 aliphatic rings. The second-order valence-electron chi connectivity index (χ2n) is 5.89. The first-order valence-electron chi connectivity index (χ1n) is 7.90. The largest absolute Gasteiger partial charge is 0.488 e. The average Bonchev–Trinajstić information content (AvgIpc) is 3.05. The molecule has 3 heteroatoms. The zero-order valence-electron chi connectivity index (χ0n) is 12.5. The minimum absolute atomic E-state index is 0.247. The van der Waals surface area contributed by atoms with Gasteiger partial charge in [-0.15, -0.1) is 0 Å². The Morgan fingerprint density at radius 3 is 2.91 bits per heavy atom. The molecule has 3 aromatic rings. The summed E-state index contributed by atoms with van der Waals surface area (Å²) < 4.78 is 6.26. The van der Waals surface area contributed by atoms with E-state index in [0.717, 1.165) is 37.2 Å². The zero-order chi connectivity index (χ0) is 14.8. The van der Waals surface area contributed by atoms with Crippen molar-refractivity contribution in [2.45, 2.75) is 25.5 Å². The van der Waals surface area contributed by atoms with E-state index in [1.165, 1.54) is 16.5 Å². The number of rotatable bonds is 4. The number of hydrogen-bond donors (Lipinski definition) is 2. The molecule has 1 unspecified atom stereocenters. The summed E-state index contributed by atoms with van der Waals surface area (Å²) in [4.78, 5) is 3.25. The van der Waals surface area contributed by atoms with Crippen molar-refractivity contribution < 1.29 is 4.74 Å². The Labute approximate surface area is 130 Å². The molecule has 0 spiro atoms. The van der Waals surface area contributed by atoms with Gasteiger partial charge in [0.25, 0.3) is 0 Å². The fourth-order valence-corrected chi connectivity index (χ4v) is 3.15. The Balaban J connectivity index is 1.42. The lowest BCUT2D eigenvalue weighted by atomic mass is 10.00. The van der Waals surface area contributed by atoms with Gasteiger partial charge in [-0.3, -0.25) is 0 Å². The van der Waals surface area contributed by atoms with Gasteiger partial charge in [0.1, 0.15) is 11.9 Å². The van der Waals surface area contributed by atoms with Crippen molar-refractivity contribution in [3.05, 3.63) is 65.9 Å². The van der Waals surface area contributed by atoms with Gasteiger partial charge < -0.3 is 15.0 Å². The van der Waals surface area contributed by atoms with Crippen LogP contribution in [0.2, 0.25) is 0 Å². The van der Waals surface area contributed by atoms with Gasteiger partial charge in [-0.1, -0.05) is 36.4 Å². The van der Waals surface area contributed by atoms with Crippen LogP contribution >= 0.6 is 0 Å². The monoisotopic (exact) mass is 292 g/mol. The van der Waals surface area contributed by atoms with Gasteiger partial charge in [-0.05, 0) is 36.1 Å². The first-order chi connectivity index (χ1) is 10.9. The molecule has 0 aliphatic carbocycles. The average molecular weight is 292 g/mol. The summed E-state index contributed by atoms with van der Waals surface area (Å²) in [5.41, 5.74) is 3.79. The van der Waals surface area contributed by atoms with E-state index < -0.39 is 0 Å². The lowest BCUT2D eigenvalue weighted by Crippen LogP contribution is -2.34. The number of nitrogens with one attached hydrogen (secondary N) is 2. The molecule has 0 amide bonds. The number of H-pyrrole nitrogens is 1. The molecule has 3 nitrogen and oxygen atoms in total. The van der Waals surface area contributed by atoms with E-state index in [0.29, 0.717) is 0 Å². The van der Waals surface area contributed by atoms with Crippen molar-refractivity contribution >= 4 is 10.9 Å². The molecule has 2 N–H and O–H groups in total. The van der Waals surface area contributed by atoms with Gasteiger partial charge in [0, 0.05) is 30.2 Å². The molecule has 0 saturated heterocycles. The molecular weight excluding hydrogens is 272 g/mol. The van der Waals surface area contributed by atoms with Crippen LogP contribution in [0.1, 0.15) is 17.5 Å². The standard InChI is InChI=1S/C19H20N2O/c1-2-4-14(5-3-1)12-20-13-16-8-6-15-7-9-18-17(10-11-21-18)19(15)22-16/h1-5,7,9-11,16,20-21H,6,8,12-13H2. The molecule has 2 heterocycles. The third kappa shape index (κ3) is 2.60. The van der Waals surface area contributed by atoms with Gasteiger partial charge >= 0.3 is 0 Å². The number of aromatic amines is 1. The molecule has 112 valence electrons. The van der Waals surface area contributed by atoms with E-state index in [9.17, 15) is 0 Å². The Kier molecular flexibility index (Phi) is 3.57. The molecule has 1 aromatic heterocycles. The predicted molar refractivity (Wildman–Crippen MR) is 89.2 cm³/mol. The van der Waals surface area contributed by atoms with Crippen LogP contribution in [0.5, 0.6) is 5.75 Å². The third-order valence-electron chi connectivity index (χ3n) is 4.33. The fraction of sp³-hybridized carbons (Fsp3) is 0.263. The summed E-state index contributed by atoms with van der Waals surface area (Å²) in [7, 11) is 0. The van der Waals surface area contributed by atoms with Crippen molar-refractivity contribution in [3.8, 4) is 5.75 Å². The minimum atomic E-state index is 0.247. The highest BCUT2D eigenvalue weighted by Gasteiger charge is 2.21. The Bertz CT molecular complexity index is 763. The van der Waals surface area contributed by atoms with Crippen LogP contribution in [0.3, 0.4) is 0 Å². The highest BCUT2D eigenvalue weighted by atomic mass is 16.5. The first kappa shape index (κ1) is 13.4. The zero-order valence-corrected chi connectivity index (χ0v) is 12.5. The van der Waals surface area contributed by atoms with E-state index in [2.05, 4.69) is 52.8 Å². The Morgan fingerprint density at radius 2 is 2.00 bits per heavy atom. The van der Waals surface area contributed by atoms with E-state index >= 15 is 0 Å². The van der Waals surface area contributed by atoms with E-state index in [-0.39, 0.29) is 6.10 Å². The number of fused-ring (bicyclic) bond motifs is 3. The molecule has 0 fully saturated rings. The van der Waals surface area contributed by atoms with Gasteiger partial charge in [0.2, 0.25) is 0 Å². The quantitative estimate of drug-likeness (QED) is 0.770. The third-order valence-corrected chi connectivity index (χ3v) is 4.33. The second kappa shape index (κ2) is 5.85. The van der Waals surface area contributed by atoms with Gasteiger partial charge in [0.05, 0.1) is 0 Å². The van der Waals surface area contributed by atoms with Crippen molar-refractivity contribution in [2.75, 3.05) is 6.54 Å². The maximum absolute atomic E-state index is 6.26. The number of aromatic nitrogens is 1. The molecule has 2 aromatic carbocycles. The molecule has 22 heavy (non-hydrogen) atoms. The summed E-state index contributed by atoms with van der Waals surface area (Å²) in [5, 5.41) is 4.71. The van der Waals surface area contributed by atoms with E-state index in [1.807, 2.05) is 12.3 Å². The molecule has 1 aliphatic heterocycles. The molecule has 0 radical (unpaired) electrons. The smallest absolute Gasteiger partial charge is 0.132 e. The summed E-state index contributed by atoms with van der Waals surface area (Å²) >= 11 is 0. The predicted octanol–water partition coefficient (Wildman–Crippen LogP) is 3.65. The number of aryl methyl sites for hydroxylation is 1. The summed E-state index contributed by atoms with van der Waals surface area (Å²) in [6, 6.07) is 16.9. The maximum atomic E-state index is 6.26. The van der Waals surface area contributed by atoms with Gasteiger partial charge in [-0.25, -0.2) is 0 Å².